The second-order valence-corrected chi connectivity index (χ2v) is 6.06. The molecule has 2 nitrogen and oxygen atoms in total. The zero-order valence-electron chi connectivity index (χ0n) is 11.2. The van der Waals surface area contributed by atoms with Gasteiger partial charge in [-0.3, -0.25) is 4.90 Å². The van der Waals surface area contributed by atoms with Gasteiger partial charge in [0.15, 0.2) is 0 Å². The third-order valence-corrected chi connectivity index (χ3v) is 4.67. The Bertz CT molecular complexity index is 411. The van der Waals surface area contributed by atoms with Crippen molar-refractivity contribution in [1.29, 1.82) is 0 Å². The number of benzene rings is 1. The van der Waals surface area contributed by atoms with Crippen LogP contribution in [0, 0.1) is 12.7 Å². The van der Waals surface area contributed by atoms with Crippen molar-refractivity contribution >= 4 is 11.8 Å². The lowest BCUT2D eigenvalue weighted by atomic mass is 9.97. The lowest BCUT2D eigenvalue weighted by Gasteiger charge is -2.38. The van der Waals surface area contributed by atoms with E-state index in [-0.39, 0.29) is 11.9 Å². The summed E-state index contributed by atoms with van der Waals surface area (Å²) in [6, 6.07) is 5.77. The van der Waals surface area contributed by atoms with Gasteiger partial charge in [0, 0.05) is 29.7 Å². The summed E-state index contributed by atoms with van der Waals surface area (Å²) < 4.78 is 14.0. The van der Waals surface area contributed by atoms with Gasteiger partial charge in [0.25, 0.3) is 0 Å². The largest absolute Gasteiger partial charge is 0.312 e. The smallest absolute Gasteiger partial charge is 0.128 e. The normalized spacial score (nSPS) is 23.0. The van der Waals surface area contributed by atoms with Gasteiger partial charge in [-0.25, -0.2) is 4.39 Å². The molecule has 1 saturated heterocycles. The first-order valence-electron chi connectivity index (χ1n) is 6.34. The van der Waals surface area contributed by atoms with Crippen LogP contribution in [0.25, 0.3) is 0 Å². The molecule has 0 saturated carbocycles. The van der Waals surface area contributed by atoms with Crippen LogP contribution < -0.4 is 5.32 Å². The van der Waals surface area contributed by atoms with Crippen LogP contribution in [0.2, 0.25) is 0 Å². The van der Waals surface area contributed by atoms with E-state index in [4.69, 9.17) is 0 Å². The number of halogens is 1. The molecular formula is C14H21FN2S. The second kappa shape index (κ2) is 6.04. The quantitative estimate of drug-likeness (QED) is 0.906. The SMILES string of the molecule is CNC(c1cc(C)ccc1F)C1CSCCN1C. The molecule has 1 fully saturated rings. The van der Waals surface area contributed by atoms with Crippen LogP contribution in [-0.2, 0) is 0 Å². The van der Waals surface area contributed by atoms with Crippen molar-refractivity contribution in [1.82, 2.24) is 10.2 Å². The Morgan fingerprint density at radius 1 is 1.50 bits per heavy atom. The number of nitrogens with one attached hydrogen (secondary N) is 1. The molecule has 0 aliphatic carbocycles. The Kier molecular flexibility index (Phi) is 4.65. The summed E-state index contributed by atoms with van der Waals surface area (Å²) in [7, 11) is 4.04. The maximum atomic E-state index is 14.0. The van der Waals surface area contributed by atoms with E-state index in [1.807, 2.05) is 37.9 Å². The Labute approximate surface area is 113 Å². The minimum Gasteiger partial charge on any atom is -0.312 e. The van der Waals surface area contributed by atoms with Crippen molar-refractivity contribution < 1.29 is 4.39 Å². The molecule has 4 heteroatoms. The van der Waals surface area contributed by atoms with Crippen LogP contribution in [0.15, 0.2) is 18.2 Å². The highest BCUT2D eigenvalue weighted by Crippen LogP contribution is 2.28. The van der Waals surface area contributed by atoms with E-state index in [1.54, 1.807) is 6.07 Å². The zero-order chi connectivity index (χ0) is 13.1. The van der Waals surface area contributed by atoms with Gasteiger partial charge in [0.1, 0.15) is 5.82 Å². The third kappa shape index (κ3) is 2.87. The number of aryl methyl sites for hydroxylation is 1. The van der Waals surface area contributed by atoms with E-state index in [9.17, 15) is 4.39 Å². The molecule has 0 spiro atoms. The fourth-order valence-corrected chi connectivity index (χ4v) is 3.79. The topological polar surface area (TPSA) is 15.3 Å². The summed E-state index contributed by atoms with van der Waals surface area (Å²) in [5, 5.41) is 3.29. The first kappa shape index (κ1) is 13.8. The highest BCUT2D eigenvalue weighted by Gasteiger charge is 2.29. The van der Waals surface area contributed by atoms with E-state index in [0.717, 1.165) is 23.4 Å². The summed E-state index contributed by atoms with van der Waals surface area (Å²) in [6.07, 6.45) is 0. The van der Waals surface area contributed by atoms with E-state index in [0.29, 0.717) is 6.04 Å². The lowest BCUT2D eigenvalue weighted by molar-refractivity contribution is 0.218. The summed E-state index contributed by atoms with van der Waals surface area (Å²) in [6.45, 7) is 3.08. The molecule has 18 heavy (non-hydrogen) atoms. The fraction of sp³-hybridized carbons (Fsp3) is 0.571. The summed E-state index contributed by atoms with van der Waals surface area (Å²) in [5.41, 5.74) is 1.90. The molecule has 2 unspecified atom stereocenters. The highest BCUT2D eigenvalue weighted by atomic mass is 32.2. The van der Waals surface area contributed by atoms with Gasteiger partial charge in [-0.2, -0.15) is 11.8 Å². The molecule has 1 aliphatic rings. The van der Waals surface area contributed by atoms with Crippen LogP contribution in [0.3, 0.4) is 0 Å². The first-order valence-corrected chi connectivity index (χ1v) is 7.50. The van der Waals surface area contributed by atoms with Gasteiger partial charge < -0.3 is 5.32 Å². The second-order valence-electron chi connectivity index (χ2n) is 4.91. The predicted octanol–water partition coefficient (Wildman–Crippen LogP) is 2.44. The van der Waals surface area contributed by atoms with Crippen LogP contribution in [0.5, 0.6) is 0 Å². The molecule has 0 radical (unpaired) electrons. The summed E-state index contributed by atoms with van der Waals surface area (Å²) >= 11 is 1.95. The van der Waals surface area contributed by atoms with E-state index in [1.165, 1.54) is 5.75 Å². The Morgan fingerprint density at radius 3 is 2.94 bits per heavy atom. The molecular weight excluding hydrogens is 247 g/mol. The van der Waals surface area contributed by atoms with Crippen molar-refractivity contribution in [3.05, 3.63) is 35.1 Å². The lowest BCUT2D eigenvalue weighted by Crippen LogP contribution is -2.47. The first-order chi connectivity index (χ1) is 8.63. The van der Waals surface area contributed by atoms with Crippen LogP contribution in [0.4, 0.5) is 4.39 Å². The van der Waals surface area contributed by atoms with E-state index >= 15 is 0 Å². The standard InChI is InChI=1S/C14H21FN2S/c1-10-4-5-12(15)11(8-10)14(16-2)13-9-18-7-6-17(13)3/h4-5,8,13-14,16H,6-7,9H2,1-3H3. The minimum absolute atomic E-state index is 0.0581. The van der Waals surface area contributed by atoms with Gasteiger partial charge in [-0.15, -0.1) is 0 Å². The number of hydrogen-bond donors (Lipinski definition) is 1. The number of rotatable bonds is 3. The number of nitrogens with zero attached hydrogens (tertiary/aromatic N) is 1. The highest BCUT2D eigenvalue weighted by molar-refractivity contribution is 7.99. The molecule has 2 atom stereocenters. The molecule has 1 N–H and O–H groups in total. The van der Waals surface area contributed by atoms with Gasteiger partial charge in [-0.1, -0.05) is 17.7 Å². The average molecular weight is 268 g/mol. The van der Waals surface area contributed by atoms with Crippen molar-refractivity contribution in [2.75, 3.05) is 32.1 Å². The number of thioether (sulfide) groups is 1. The van der Waals surface area contributed by atoms with E-state index in [2.05, 4.69) is 17.3 Å². The minimum atomic E-state index is -0.107. The molecule has 1 aromatic carbocycles. The molecule has 0 amide bonds. The summed E-state index contributed by atoms with van der Waals surface area (Å²) in [4.78, 5) is 2.33. The zero-order valence-corrected chi connectivity index (χ0v) is 12.1. The number of hydrogen-bond acceptors (Lipinski definition) is 3. The van der Waals surface area contributed by atoms with Crippen molar-refractivity contribution in [2.24, 2.45) is 0 Å². The maximum absolute atomic E-state index is 14.0. The van der Waals surface area contributed by atoms with Gasteiger partial charge >= 0.3 is 0 Å². The summed E-state index contributed by atoms with van der Waals surface area (Å²) in [5.74, 6) is 2.11. The Hall–Kier alpha value is -0.580. The van der Waals surface area contributed by atoms with Gasteiger partial charge in [-0.05, 0) is 27.1 Å². The van der Waals surface area contributed by atoms with Crippen molar-refractivity contribution in [2.45, 2.75) is 19.0 Å². The van der Waals surface area contributed by atoms with Crippen LogP contribution in [-0.4, -0.2) is 43.1 Å². The van der Waals surface area contributed by atoms with E-state index < -0.39 is 0 Å². The predicted molar refractivity (Wildman–Crippen MR) is 76.7 cm³/mol. The molecule has 1 aromatic rings. The van der Waals surface area contributed by atoms with Crippen LogP contribution in [0.1, 0.15) is 17.2 Å². The van der Waals surface area contributed by atoms with Crippen LogP contribution >= 0.6 is 11.8 Å². The molecule has 1 aliphatic heterocycles. The third-order valence-electron chi connectivity index (χ3n) is 3.63. The molecule has 1 heterocycles. The fourth-order valence-electron chi connectivity index (χ4n) is 2.51. The van der Waals surface area contributed by atoms with Gasteiger partial charge in [0.05, 0.1) is 6.04 Å². The molecule has 100 valence electrons. The molecule has 0 bridgehead atoms. The van der Waals surface area contributed by atoms with Gasteiger partial charge in [0.2, 0.25) is 0 Å². The molecule has 0 aromatic heterocycles. The monoisotopic (exact) mass is 268 g/mol. The number of likely N-dealkylation sites (N-methyl/N-ethyl adjacent to an activating group) is 2. The van der Waals surface area contributed by atoms with Crippen molar-refractivity contribution in [3.8, 4) is 0 Å². The average Bonchev–Trinajstić information content (AvgIpc) is 2.36. The molecule has 2 rings (SSSR count). The Balaban J connectivity index is 2.29. The van der Waals surface area contributed by atoms with Crippen molar-refractivity contribution in [3.63, 3.8) is 0 Å². The Morgan fingerprint density at radius 2 is 2.28 bits per heavy atom. The maximum Gasteiger partial charge on any atom is 0.128 e.